The summed E-state index contributed by atoms with van der Waals surface area (Å²) in [4.78, 5) is 10.9. The van der Waals surface area contributed by atoms with Crippen molar-refractivity contribution in [2.45, 2.75) is 51.9 Å². The van der Waals surface area contributed by atoms with Crippen molar-refractivity contribution in [1.82, 2.24) is 5.32 Å². The van der Waals surface area contributed by atoms with Crippen LogP contribution in [0.2, 0.25) is 0 Å². The Morgan fingerprint density at radius 1 is 1.15 bits per heavy atom. The Balaban J connectivity index is 3.02. The summed E-state index contributed by atoms with van der Waals surface area (Å²) < 4.78 is 0. The van der Waals surface area contributed by atoms with Crippen molar-refractivity contribution in [1.29, 1.82) is 0 Å². The third-order valence-electron chi connectivity index (χ3n) is 2.06. The monoisotopic (exact) mass is 186 g/mol. The van der Waals surface area contributed by atoms with Gasteiger partial charge in [-0.1, -0.05) is 39.0 Å². The maximum absolute atomic E-state index is 10.9. The standard InChI is InChI=1S/C10H22N2O/c1-2-3-4-5-6-7-8-10(13)12-9-11/h2-9,11H2,1H3,(H,12,13). The smallest absolute Gasteiger partial charge is 0.220 e. The normalized spacial score (nSPS) is 10.0. The molecule has 0 fully saturated rings. The minimum atomic E-state index is 0.0815. The van der Waals surface area contributed by atoms with Crippen LogP contribution < -0.4 is 11.1 Å². The Morgan fingerprint density at radius 2 is 1.77 bits per heavy atom. The number of rotatable bonds is 8. The van der Waals surface area contributed by atoms with Crippen LogP contribution in [-0.2, 0) is 4.79 Å². The number of carbonyl (C=O) groups excluding carboxylic acids is 1. The zero-order valence-corrected chi connectivity index (χ0v) is 8.64. The van der Waals surface area contributed by atoms with E-state index in [-0.39, 0.29) is 12.6 Å². The Morgan fingerprint density at radius 3 is 2.38 bits per heavy atom. The van der Waals surface area contributed by atoms with Crippen molar-refractivity contribution in [3.63, 3.8) is 0 Å². The van der Waals surface area contributed by atoms with Crippen molar-refractivity contribution in [3.05, 3.63) is 0 Å². The molecule has 0 aliphatic rings. The molecule has 0 saturated carbocycles. The molecule has 3 nitrogen and oxygen atoms in total. The molecule has 0 aliphatic heterocycles. The topological polar surface area (TPSA) is 55.1 Å². The van der Waals surface area contributed by atoms with Crippen LogP contribution in [-0.4, -0.2) is 12.6 Å². The summed E-state index contributed by atoms with van der Waals surface area (Å²) >= 11 is 0. The van der Waals surface area contributed by atoms with E-state index in [1.165, 1.54) is 25.7 Å². The molecule has 0 aromatic rings. The highest BCUT2D eigenvalue weighted by molar-refractivity contribution is 5.75. The fraction of sp³-hybridized carbons (Fsp3) is 0.900. The molecule has 78 valence electrons. The summed E-state index contributed by atoms with van der Waals surface area (Å²) in [7, 11) is 0. The number of unbranched alkanes of at least 4 members (excludes halogenated alkanes) is 5. The number of hydrogen-bond acceptors (Lipinski definition) is 2. The Bertz CT molecular complexity index is 126. The van der Waals surface area contributed by atoms with Gasteiger partial charge in [0.25, 0.3) is 0 Å². The van der Waals surface area contributed by atoms with E-state index in [9.17, 15) is 4.79 Å². The van der Waals surface area contributed by atoms with Crippen LogP contribution in [0.3, 0.4) is 0 Å². The minimum absolute atomic E-state index is 0.0815. The van der Waals surface area contributed by atoms with E-state index in [2.05, 4.69) is 12.2 Å². The molecule has 3 N–H and O–H groups in total. The maximum atomic E-state index is 10.9. The summed E-state index contributed by atoms with van der Waals surface area (Å²) in [6, 6.07) is 0. The van der Waals surface area contributed by atoms with Gasteiger partial charge in [-0.2, -0.15) is 0 Å². The fourth-order valence-corrected chi connectivity index (χ4v) is 1.27. The van der Waals surface area contributed by atoms with Crippen LogP contribution >= 0.6 is 0 Å². The lowest BCUT2D eigenvalue weighted by Crippen LogP contribution is -2.28. The first kappa shape index (κ1) is 12.4. The second-order valence-corrected chi connectivity index (χ2v) is 3.32. The van der Waals surface area contributed by atoms with Gasteiger partial charge in [0, 0.05) is 6.42 Å². The molecular formula is C10H22N2O. The van der Waals surface area contributed by atoms with Crippen LogP contribution in [0.5, 0.6) is 0 Å². The van der Waals surface area contributed by atoms with Gasteiger partial charge in [0.15, 0.2) is 0 Å². The van der Waals surface area contributed by atoms with Crippen LogP contribution in [0, 0.1) is 0 Å². The molecule has 13 heavy (non-hydrogen) atoms. The molecule has 0 aromatic heterocycles. The van der Waals surface area contributed by atoms with Gasteiger partial charge in [0.2, 0.25) is 5.91 Å². The summed E-state index contributed by atoms with van der Waals surface area (Å²) in [6.07, 6.45) is 7.93. The third-order valence-corrected chi connectivity index (χ3v) is 2.06. The lowest BCUT2D eigenvalue weighted by molar-refractivity contribution is -0.121. The highest BCUT2D eigenvalue weighted by atomic mass is 16.1. The van der Waals surface area contributed by atoms with Crippen molar-refractivity contribution in [2.24, 2.45) is 5.73 Å². The first-order chi connectivity index (χ1) is 6.31. The molecule has 0 atom stereocenters. The first-order valence-electron chi connectivity index (χ1n) is 5.28. The molecule has 0 spiro atoms. The second kappa shape index (κ2) is 9.52. The van der Waals surface area contributed by atoms with Gasteiger partial charge in [0.1, 0.15) is 0 Å². The second-order valence-electron chi connectivity index (χ2n) is 3.32. The van der Waals surface area contributed by atoms with Gasteiger partial charge in [-0.15, -0.1) is 0 Å². The van der Waals surface area contributed by atoms with E-state index in [4.69, 9.17) is 5.73 Å². The quantitative estimate of drug-likeness (QED) is 0.448. The molecule has 0 aliphatic carbocycles. The van der Waals surface area contributed by atoms with Crippen LogP contribution in [0.4, 0.5) is 0 Å². The zero-order chi connectivity index (χ0) is 9.94. The SMILES string of the molecule is CCCCCCCCC(=O)NCN. The van der Waals surface area contributed by atoms with Gasteiger partial charge in [0.05, 0.1) is 6.67 Å². The van der Waals surface area contributed by atoms with Crippen LogP contribution in [0.15, 0.2) is 0 Å². The Labute approximate surface area is 81.1 Å². The summed E-state index contributed by atoms with van der Waals surface area (Å²) in [5.74, 6) is 0.0815. The average molecular weight is 186 g/mol. The predicted octanol–water partition coefficient (Wildman–Crippen LogP) is 1.77. The fourth-order valence-electron chi connectivity index (χ4n) is 1.27. The summed E-state index contributed by atoms with van der Waals surface area (Å²) in [6.45, 7) is 2.46. The minimum Gasteiger partial charge on any atom is -0.344 e. The molecular weight excluding hydrogens is 164 g/mol. The lowest BCUT2D eigenvalue weighted by atomic mass is 10.1. The zero-order valence-electron chi connectivity index (χ0n) is 8.64. The van der Waals surface area contributed by atoms with E-state index in [0.29, 0.717) is 6.42 Å². The number of carbonyl (C=O) groups is 1. The Kier molecular flexibility index (Phi) is 9.10. The summed E-state index contributed by atoms with van der Waals surface area (Å²) in [5, 5.41) is 2.59. The molecule has 0 heterocycles. The van der Waals surface area contributed by atoms with Crippen molar-refractivity contribution in [2.75, 3.05) is 6.67 Å². The van der Waals surface area contributed by atoms with Gasteiger partial charge in [-0.05, 0) is 6.42 Å². The van der Waals surface area contributed by atoms with Crippen molar-refractivity contribution in [3.8, 4) is 0 Å². The van der Waals surface area contributed by atoms with Gasteiger partial charge < -0.3 is 11.1 Å². The van der Waals surface area contributed by atoms with Gasteiger partial charge in [-0.3, -0.25) is 4.79 Å². The van der Waals surface area contributed by atoms with E-state index in [0.717, 1.165) is 12.8 Å². The van der Waals surface area contributed by atoms with E-state index in [1.54, 1.807) is 0 Å². The number of amides is 1. The van der Waals surface area contributed by atoms with Crippen LogP contribution in [0.25, 0.3) is 0 Å². The maximum Gasteiger partial charge on any atom is 0.220 e. The highest BCUT2D eigenvalue weighted by Crippen LogP contribution is 2.06. The largest absolute Gasteiger partial charge is 0.344 e. The number of hydrogen-bond donors (Lipinski definition) is 2. The molecule has 0 unspecified atom stereocenters. The van der Waals surface area contributed by atoms with E-state index >= 15 is 0 Å². The van der Waals surface area contributed by atoms with Crippen molar-refractivity contribution < 1.29 is 4.79 Å². The molecule has 3 heteroatoms. The summed E-state index contributed by atoms with van der Waals surface area (Å²) in [5.41, 5.74) is 5.17. The lowest BCUT2D eigenvalue weighted by Gasteiger charge is -2.01. The molecule has 0 radical (unpaired) electrons. The van der Waals surface area contributed by atoms with Crippen molar-refractivity contribution >= 4 is 5.91 Å². The number of nitrogens with one attached hydrogen (secondary N) is 1. The Hall–Kier alpha value is -0.570. The molecule has 0 rings (SSSR count). The van der Waals surface area contributed by atoms with Crippen LogP contribution in [0.1, 0.15) is 51.9 Å². The predicted molar refractivity (Wildman–Crippen MR) is 55.2 cm³/mol. The first-order valence-corrected chi connectivity index (χ1v) is 5.28. The molecule has 1 amide bonds. The van der Waals surface area contributed by atoms with E-state index < -0.39 is 0 Å². The average Bonchev–Trinajstić information content (AvgIpc) is 2.11. The molecule has 0 bridgehead atoms. The highest BCUT2D eigenvalue weighted by Gasteiger charge is 1.97. The third kappa shape index (κ3) is 9.34. The number of nitrogens with two attached hydrogens (primary N) is 1. The van der Waals surface area contributed by atoms with Gasteiger partial charge >= 0.3 is 0 Å². The molecule has 0 saturated heterocycles. The van der Waals surface area contributed by atoms with Gasteiger partial charge in [-0.25, -0.2) is 0 Å². The molecule has 0 aromatic carbocycles. The van der Waals surface area contributed by atoms with E-state index in [1.807, 2.05) is 0 Å².